The summed E-state index contributed by atoms with van der Waals surface area (Å²) >= 11 is 0. The Kier molecular flexibility index (Phi) is 72.2. The Morgan fingerprint density at radius 2 is 0.383 bits per heavy atom. The van der Waals surface area contributed by atoms with Gasteiger partial charge in [0.05, 0.1) is 6.61 Å². The van der Waals surface area contributed by atoms with E-state index in [4.69, 9.17) is 9.47 Å². The molecule has 0 saturated heterocycles. The van der Waals surface area contributed by atoms with Crippen LogP contribution in [0.1, 0.15) is 457 Å². The first-order chi connectivity index (χ1) is 40.1. The third-order valence-corrected chi connectivity index (χ3v) is 18.2. The van der Waals surface area contributed by atoms with E-state index in [0.717, 1.165) is 32.1 Å². The maximum Gasteiger partial charge on any atom is 0.306 e. The molecule has 0 fully saturated rings. The second-order valence-electron chi connectivity index (χ2n) is 26.5. The molecule has 0 rings (SSSR count). The number of carbonyl (C=O) groups excluding carboxylic acids is 2. The molecule has 0 heterocycles. The normalized spacial score (nSPS) is 12.0. The van der Waals surface area contributed by atoms with Gasteiger partial charge in [-0.1, -0.05) is 431 Å². The number of unbranched alkanes of at least 4 members (excludes halogenated alkanes) is 65. The molecule has 1 unspecified atom stereocenters. The lowest BCUT2D eigenvalue weighted by atomic mass is 10.0. The van der Waals surface area contributed by atoms with Crippen molar-refractivity contribution >= 4 is 11.9 Å². The minimum Gasteiger partial charge on any atom is -0.462 e. The largest absolute Gasteiger partial charge is 0.462 e. The van der Waals surface area contributed by atoms with Gasteiger partial charge in [0.25, 0.3) is 0 Å². The lowest BCUT2D eigenvalue weighted by molar-refractivity contribution is -0.161. The summed E-state index contributed by atoms with van der Waals surface area (Å²) in [4.78, 5) is 24.7. The summed E-state index contributed by atoms with van der Waals surface area (Å²) in [6.45, 7) is 4.23. The van der Waals surface area contributed by atoms with E-state index in [-0.39, 0.29) is 25.2 Å². The molecular formula is C76H150O5. The van der Waals surface area contributed by atoms with Crippen LogP contribution in [0.3, 0.4) is 0 Å². The fourth-order valence-electron chi connectivity index (χ4n) is 12.4. The van der Waals surface area contributed by atoms with Crippen molar-refractivity contribution in [1.29, 1.82) is 0 Å². The van der Waals surface area contributed by atoms with Crippen molar-refractivity contribution in [2.45, 2.75) is 463 Å². The maximum atomic E-state index is 12.4. The van der Waals surface area contributed by atoms with Gasteiger partial charge in [-0.3, -0.25) is 9.59 Å². The van der Waals surface area contributed by atoms with Gasteiger partial charge in [0.1, 0.15) is 6.61 Å². The second kappa shape index (κ2) is 73.2. The van der Waals surface area contributed by atoms with Crippen LogP contribution in [-0.2, 0) is 19.1 Å². The van der Waals surface area contributed by atoms with Crippen LogP contribution in [0.15, 0.2) is 0 Å². The summed E-state index contributed by atoms with van der Waals surface area (Å²) in [6.07, 6.45) is 93.3. The molecule has 1 N–H and O–H groups in total. The first-order valence-electron chi connectivity index (χ1n) is 38.1. The molecule has 0 aromatic carbocycles. The van der Waals surface area contributed by atoms with E-state index >= 15 is 0 Å². The van der Waals surface area contributed by atoms with E-state index in [0.29, 0.717) is 12.8 Å². The van der Waals surface area contributed by atoms with Crippen molar-refractivity contribution in [3.63, 3.8) is 0 Å². The number of ether oxygens (including phenoxy) is 2. The van der Waals surface area contributed by atoms with Gasteiger partial charge >= 0.3 is 11.9 Å². The van der Waals surface area contributed by atoms with Crippen molar-refractivity contribution in [3.05, 3.63) is 0 Å². The Hall–Kier alpha value is -1.10. The Morgan fingerprint density at radius 1 is 0.235 bits per heavy atom. The van der Waals surface area contributed by atoms with Crippen molar-refractivity contribution in [3.8, 4) is 0 Å². The molecule has 0 radical (unpaired) electrons. The van der Waals surface area contributed by atoms with Crippen LogP contribution < -0.4 is 0 Å². The van der Waals surface area contributed by atoms with Gasteiger partial charge in [-0.25, -0.2) is 0 Å². The summed E-state index contributed by atoms with van der Waals surface area (Å²) in [5.74, 6) is -0.557. The average Bonchev–Trinajstić information content (AvgIpc) is 3.47. The molecule has 0 spiro atoms. The maximum absolute atomic E-state index is 12.4. The number of rotatable bonds is 73. The number of hydrogen-bond acceptors (Lipinski definition) is 5. The molecule has 0 aromatic heterocycles. The lowest BCUT2D eigenvalue weighted by Crippen LogP contribution is -2.28. The predicted octanol–water partition coefficient (Wildman–Crippen LogP) is 26.4. The summed E-state index contributed by atoms with van der Waals surface area (Å²) in [5, 5.41) is 9.71. The highest BCUT2D eigenvalue weighted by molar-refractivity contribution is 5.70. The van der Waals surface area contributed by atoms with Crippen LogP contribution in [0.5, 0.6) is 0 Å². The number of esters is 2. The van der Waals surface area contributed by atoms with Crippen molar-refractivity contribution in [2.75, 3.05) is 13.2 Å². The molecule has 0 aliphatic heterocycles. The molecule has 81 heavy (non-hydrogen) atoms. The summed E-state index contributed by atoms with van der Waals surface area (Å²) < 4.78 is 10.8. The fraction of sp³-hybridized carbons (Fsp3) is 0.974. The third-order valence-electron chi connectivity index (χ3n) is 18.2. The van der Waals surface area contributed by atoms with Gasteiger partial charge in [-0.2, -0.15) is 0 Å². The quantitative estimate of drug-likeness (QED) is 0.0485. The first-order valence-corrected chi connectivity index (χ1v) is 38.1. The van der Waals surface area contributed by atoms with Gasteiger partial charge in [-0.05, 0) is 12.8 Å². The average molecular weight is 1140 g/mol. The zero-order chi connectivity index (χ0) is 58.4. The number of carbonyl (C=O) groups is 2. The van der Waals surface area contributed by atoms with Gasteiger partial charge < -0.3 is 14.6 Å². The molecular weight excluding hydrogens is 993 g/mol. The van der Waals surface area contributed by atoms with E-state index in [1.807, 2.05) is 0 Å². The smallest absolute Gasteiger partial charge is 0.306 e. The Morgan fingerprint density at radius 3 is 0.543 bits per heavy atom. The SMILES string of the molecule is CCCCCCCCCCCCCCCCCCCCCCCCCCCCCCCCCCCCCCCCCCCC(=O)OC(CO)COC(=O)CCCCCCCCCCCCCCCCCCCCCCCCCCCC. The van der Waals surface area contributed by atoms with Crippen LogP contribution in [0.25, 0.3) is 0 Å². The molecule has 1 atom stereocenters. The van der Waals surface area contributed by atoms with Gasteiger partial charge in [0, 0.05) is 12.8 Å². The molecule has 0 aromatic rings. The highest BCUT2D eigenvalue weighted by atomic mass is 16.6. The van der Waals surface area contributed by atoms with Crippen molar-refractivity contribution in [1.82, 2.24) is 0 Å². The van der Waals surface area contributed by atoms with Gasteiger partial charge in [0.2, 0.25) is 0 Å². The summed E-state index contributed by atoms with van der Waals surface area (Å²) in [6, 6.07) is 0. The standard InChI is InChI=1S/C76H150O5/c1-3-5-7-9-11-13-15-17-19-21-23-25-27-29-31-32-33-34-35-36-37-38-39-40-41-42-43-44-45-47-49-51-53-55-57-59-61-63-65-67-69-71-76(79)81-74(72-77)73-80-75(78)70-68-66-64-62-60-58-56-54-52-50-48-46-30-28-26-24-22-20-18-16-14-12-10-8-6-4-2/h74,77H,3-73H2,1-2H3. The van der Waals surface area contributed by atoms with Crippen LogP contribution in [0.2, 0.25) is 0 Å². The molecule has 0 amide bonds. The highest BCUT2D eigenvalue weighted by Gasteiger charge is 2.16. The molecule has 0 aliphatic rings. The Labute approximate surface area is 509 Å². The molecule has 0 saturated carbocycles. The highest BCUT2D eigenvalue weighted by Crippen LogP contribution is 2.21. The number of hydrogen-bond donors (Lipinski definition) is 1. The predicted molar refractivity (Wildman–Crippen MR) is 358 cm³/mol. The van der Waals surface area contributed by atoms with E-state index in [1.165, 1.54) is 398 Å². The molecule has 484 valence electrons. The van der Waals surface area contributed by atoms with Gasteiger partial charge in [0.15, 0.2) is 6.10 Å². The third kappa shape index (κ3) is 71.3. The second-order valence-corrected chi connectivity index (χ2v) is 26.5. The molecule has 5 heteroatoms. The summed E-state index contributed by atoms with van der Waals surface area (Å²) in [7, 11) is 0. The lowest BCUT2D eigenvalue weighted by Gasteiger charge is -2.15. The topological polar surface area (TPSA) is 72.8 Å². The fourth-order valence-corrected chi connectivity index (χ4v) is 12.4. The zero-order valence-electron chi connectivity index (χ0n) is 55.9. The first kappa shape index (κ1) is 79.9. The van der Waals surface area contributed by atoms with E-state index in [1.54, 1.807) is 0 Å². The minimum atomic E-state index is -0.766. The van der Waals surface area contributed by atoms with Gasteiger partial charge in [-0.15, -0.1) is 0 Å². The Balaban J connectivity index is 3.32. The Bertz CT molecular complexity index is 1160. The van der Waals surface area contributed by atoms with E-state index < -0.39 is 6.10 Å². The van der Waals surface area contributed by atoms with Crippen LogP contribution in [0.4, 0.5) is 0 Å². The van der Waals surface area contributed by atoms with Crippen LogP contribution in [-0.4, -0.2) is 36.4 Å². The number of aliphatic hydroxyl groups excluding tert-OH is 1. The minimum absolute atomic E-state index is 0.0552. The van der Waals surface area contributed by atoms with Crippen molar-refractivity contribution in [2.24, 2.45) is 0 Å². The van der Waals surface area contributed by atoms with Crippen LogP contribution in [0, 0.1) is 0 Å². The number of aliphatic hydroxyl groups is 1. The molecule has 0 aliphatic carbocycles. The summed E-state index contributed by atoms with van der Waals surface area (Å²) in [5.41, 5.74) is 0. The monoisotopic (exact) mass is 1140 g/mol. The van der Waals surface area contributed by atoms with E-state index in [2.05, 4.69) is 13.8 Å². The molecule has 0 bridgehead atoms. The van der Waals surface area contributed by atoms with E-state index in [9.17, 15) is 14.7 Å². The zero-order valence-corrected chi connectivity index (χ0v) is 55.9. The van der Waals surface area contributed by atoms with Crippen molar-refractivity contribution < 1.29 is 24.2 Å². The van der Waals surface area contributed by atoms with Crippen LogP contribution >= 0.6 is 0 Å². The molecule has 5 nitrogen and oxygen atoms in total.